The van der Waals surface area contributed by atoms with E-state index in [-0.39, 0.29) is 35.2 Å². The van der Waals surface area contributed by atoms with E-state index in [4.69, 9.17) is 9.47 Å². The van der Waals surface area contributed by atoms with E-state index in [2.05, 4.69) is 14.8 Å². The lowest BCUT2D eigenvalue weighted by molar-refractivity contribution is 0.0600. The number of ether oxygens (including phenoxy) is 3. The minimum absolute atomic E-state index is 0. The predicted octanol–water partition coefficient (Wildman–Crippen LogP) is 0.951. The van der Waals surface area contributed by atoms with Crippen LogP contribution in [0.5, 0.6) is 5.75 Å². The Kier molecular flexibility index (Phi) is 8.29. The first-order valence-corrected chi connectivity index (χ1v) is 9.36. The Bertz CT molecular complexity index is 719. The van der Waals surface area contributed by atoms with E-state index in [9.17, 15) is 13.2 Å². The Labute approximate surface area is 160 Å². The van der Waals surface area contributed by atoms with E-state index in [1.165, 1.54) is 32.4 Å². The monoisotopic (exact) mass is 408 g/mol. The van der Waals surface area contributed by atoms with Crippen LogP contribution in [0.4, 0.5) is 0 Å². The van der Waals surface area contributed by atoms with Crippen molar-refractivity contribution in [3.05, 3.63) is 23.8 Å². The van der Waals surface area contributed by atoms with E-state index in [1.54, 1.807) is 7.11 Å². The van der Waals surface area contributed by atoms with Gasteiger partial charge in [0.25, 0.3) is 0 Å². The van der Waals surface area contributed by atoms with Crippen molar-refractivity contribution in [1.29, 1.82) is 0 Å². The van der Waals surface area contributed by atoms with Crippen LogP contribution in [-0.4, -0.2) is 61.0 Å². The van der Waals surface area contributed by atoms with Crippen LogP contribution in [0.3, 0.4) is 0 Å². The fourth-order valence-electron chi connectivity index (χ4n) is 2.91. The van der Waals surface area contributed by atoms with Crippen molar-refractivity contribution in [3.8, 4) is 5.75 Å². The molecule has 1 aliphatic heterocycles. The van der Waals surface area contributed by atoms with Gasteiger partial charge < -0.3 is 19.5 Å². The van der Waals surface area contributed by atoms with Gasteiger partial charge in [-0.05, 0) is 37.6 Å². The molecule has 148 valence electrons. The maximum Gasteiger partial charge on any atom is 0.337 e. The molecule has 10 heteroatoms. The number of nitrogens with one attached hydrogen (secondary N) is 2. The quantitative estimate of drug-likeness (QED) is 0.617. The average Bonchev–Trinajstić information content (AvgIpc) is 3.08. The summed E-state index contributed by atoms with van der Waals surface area (Å²) in [4.78, 5) is 11.6. The summed E-state index contributed by atoms with van der Waals surface area (Å²) in [6.45, 7) is 1.38. The summed E-state index contributed by atoms with van der Waals surface area (Å²) in [7, 11) is 0.300. The molecule has 8 nitrogen and oxygen atoms in total. The number of halogens is 1. The number of methoxy groups -OCH3 is 3. The number of esters is 1. The molecule has 0 bridgehead atoms. The molecule has 2 N–H and O–H groups in total. The van der Waals surface area contributed by atoms with Gasteiger partial charge in [0.15, 0.2) is 0 Å². The molecule has 1 saturated heterocycles. The third-order valence-corrected chi connectivity index (χ3v) is 5.65. The Morgan fingerprint density at radius 1 is 1.31 bits per heavy atom. The maximum atomic E-state index is 12.8. The summed E-state index contributed by atoms with van der Waals surface area (Å²) < 4.78 is 43.1. The van der Waals surface area contributed by atoms with Gasteiger partial charge in [-0.3, -0.25) is 0 Å². The Balaban J connectivity index is 0.00000338. The molecular weight excluding hydrogens is 384 g/mol. The first-order valence-electron chi connectivity index (χ1n) is 7.87. The van der Waals surface area contributed by atoms with Crippen LogP contribution in [0.25, 0.3) is 0 Å². The summed E-state index contributed by atoms with van der Waals surface area (Å²) in [5.74, 6) is -0.465. The molecule has 0 spiro atoms. The van der Waals surface area contributed by atoms with E-state index >= 15 is 0 Å². The van der Waals surface area contributed by atoms with Gasteiger partial charge in [0.05, 0.1) is 31.9 Å². The summed E-state index contributed by atoms with van der Waals surface area (Å²) >= 11 is 0. The van der Waals surface area contributed by atoms with Crippen LogP contribution in [0.15, 0.2) is 23.1 Å². The first kappa shape index (κ1) is 22.7. The van der Waals surface area contributed by atoms with Gasteiger partial charge in [-0.15, -0.1) is 12.4 Å². The molecule has 1 heterocycles. The number of carbonyl (C=O) groups is 1. The van der Waals surface area contributed by atoms with Crippen molar-refractivity contribution in [2.75, 3.05) is 41.0 Å². The zero-order valence-electron chi connectivity index (χ0n) is 15.0. The second kappa shape index (κ2) is 9.52. The molecule has 0 aromatic heterocycles. The van der Waals surface area contributed by atoms with E-state index in [0.29, 0.717) is 6.61 Å². The second-order valence-corrected chi connectivity index (χ2v) is 7.66. The highest BCUT2D eigenvalue weighted by Gasteiger charge is 2.35. The molecule has 0 saturated carbocycles. The average molecular weight is 409 g/mol. The molecule has 2 rings (SSSR count). The van der Waals surface area contributed by atoms with Gasteiger partial charge >= 0.3 is 5.97 Å². The summed E-state index contributed by atoms with van der Waals surface area (Å²) in [6, 6.07) is 4.13. The smallest absolute Gasteiger partial charge is 0.337 e. The maximum absolute atomic E-state index is 12.8. The topological polar surface area (TPSA) is 103 Å². The minimum atomic E-state index is -3.89. The Hall–Kier alpha value is -1.39. The molecular formula is C16H25ClN2O6S. The van der Waals surface area contributed by atoms with Gasteiger partial charge in [0.2, 0.25) is 10.0 Å². The minimum Gasteiger partial charge on any atom is -0.495 e. The lowest BCUT2D eigenvalue weighted by Crippen LogP contribution is -2.52. The highest BCUT2D eigenvalue weighted by molar-refractivity contribution is 7.89. The Morgan fingerprint density at radius 3 is 2.58 bits per heavy atom. The molecule has 1 fully saturated rings. The van der Waals surface area contributed by atoms with Gasteiger partial charge in [-0.1, -0.05) is 0 Å². The molecule has 1 unspecified atom stereocenters. The van der Waals surface area contributed by atoms with Gasteiger partial charge in [-0.25, -0.2) is 17.9 Å². The first-order chi connectivity index (χ1) is 11.9. The van der Waals surface area contributed by atoms with Gasteiger partial charge in [0, 0.05) is 13.7 Å². The molecule has 0 radical (unpaired) electrons. The van der Waals surface area contributed by atoms with Crippen molar-refractivity contribution in [2.45, 2.75) is 23.3 Å². The van der Waals surface area contributed by atoms with Crippen molar-refractivity contribution in [1.82, 2.24) is 10.0 Å². The van der Waals surface area contributed by atoms with Crippen LogP contribution in [0.2, 0.25) is 0 Å². The molecule has 0 aliphatic carbocycles. The molecule has 1 aromatic carbocycles. The molecule has 26 heavy (non-hydrogen) atoms. The van der Waals surface area contributed by atoms with Crippen LogP contribution in [0.1, 0.15) is 23.2 Å². The lowest BCUT2D eigenvalue weighted by Gasteiger charge is -2.29. The van der Waals surface area contributed by atoms with E-state index in [0.717, 1.165) is 19.4 Å². The summed E-state index contributed by atoms with van der Waals surface area (Å²) in [5.41, 5.74) is -0.302. The number of benzene rings is 1. The van der Waals surface area contributed by atoms with E-state index in [1.807, 2.05) is 0 Å². The number of rotatable bonds is 8. The van der Waals surface area contributed by atoms with Crippen molar-refractivity contribution in [2.24, 2.45) is 0 Å². The molecule has 1 aliphatic rings. The normalized spacial score (nSPS) is 19.7. The van der Waals surface area contributed by atoms with Crippen molar-refractivity contribution < 1.29 is 27.4 Å². The molecule has 0 amide bonds. The molecule has 1 atom stereocenters. The lowest BCUT2D eigenvalue weighted by atomic mass is 9.99. The highest BCUT2D eigenvalue weighted by atomic mass is 35.5. The summed E-state index contributed by atoms with van der Waals surface area (Å²) in [5, 5.41) is 3.31. The number of hydrogen-bond donors (Lipinski definition) is 2. The number of carbonyl (C=O) groups excluding carboxylic acids is 1. The largest absolute Gasteiger partial charge is 0.495 e. The fourth-order valence-corrected chi connectivity index (χ4v) is 4.23. The van der Waals surface area contributed by atoms with Crippen LogP contribution in [0, 0.1) is 0 Å². The SMILES string of the molecule is COCC1(CNS(=O)(=O)c2cc(C(=O)OC)ccc2OC)CCCN1.Cl. The third kappa shape index (κ3) is 5.08. The number of hydrogen-bond acceptors (Lipinski definition) is 7. The molecule has 1 aromatic rings. The van der Waals surface area contributed by atoms with Crippen LogP contribution < -0.4 is 14.8 Å². The second-order valence-electron chi connectivity index (χ2n) is 5.93. The van der Waals surface area contributed by atoms with Gasteiger partial charge in [-0.2, -0.15) is 0 Å². The highest BCUT2D eigenvalue weighted by Crippen LogP contribution is 2.26. The predicted molar refractivity (Wildman–Crippen MR) is 98.6 cm³/mol. The van der Waals surface area contributed by atoms with Crippen LogP contribution in [-0.2, 0) is 19.5 Å². The van der Waals surface area contributed by atoms with Crippen LogP contribution >= 0.6 is 12.4 Å². The third-order valence-electron chi connectivity index (χ3n) is 4.23. The van der Waals surface area contributed by atoms with Crippen molar-refractivity contribution in [3.63, 3.8) is 0 Å². The zero-order valence-corrected chi connectivity index (χ0v) is 16.7. The van der Waals surface area contributed by atoms with Gasteiger partial charge in [0.1, 0.15) is 10.6 Å². The standard InChI is InChI=1S/C16H24N2O6S.ClH/c1-22-11-16(7-4-8-17-16)10-18-25(20,21)14-9-12(15(19)24-3)5-6-13(14)23-2;/h5-6,9,17-18H,4,7-8,10-11H2,1-3H3;1H. The van der Waals surface area contributed by atoms with E-state index < -0.39 is 21.5 Å². The fraction of sp³-hybridized carbons (Fsp3) is 0.562. The number of sulfonamides is 1. The summed E-state index contributed by atoms with van der Waals surface area (Å²) in [6.07, 6.45) is 1.76. The Morgan fingerprint density at radius 2 is 2.04 bits per heavy atom. The van der Waals surface area contributed by atoms with Crippen molar-refractivity contribution >= 4 is 28.4 Å². The zero-order chi connectivity index (χ0) is 18.5.